The highest BCUT2D eigenvalue weighted by Crippen LogP contribution is 2.18. The largest absolute Gasteiger partial charge is 0.466 e. The Morgan fingerprint density at radius 2 is 0.653 bits per heavy atom. The van der Waals surface area contributed by atoms with Gasteiger partial charge < -0.3 is 20.3 Å². The molecule has 6 nitrogen and oxygen atoms in total. The molecule has 0 rings (SSSR count). The van der Waals surface area contributed by atoms with E-state index in [1.807, 2.05) is 6.08 Å². The normalized spacial score (nSPS) is 12.7. The van der Waals surface area contributed by atoms with E-state index in [2.05, 4.69) is 31.3 Å². The summed E-state index contributed by atoms with van der Waals surface area (Å²) in [6.45, 7) is 4.92. The van der Waals surface area contributed by atoms with Crippen LogP contribution in [0.2, 0.25) is 0 Å². The summed E-state index contributed by atoms with van der Waals surface area (Å²) in [5.74, 6) is -0.0646. The number of nitrogens with one attached hydrogen (secondary N) is 1. The Balaban J connectivity index is 3.42. The lowest BCUT2D eigenvalue weighted by atomic mass is 10.0. The van der Waals surface area contributed by atoms with E-state index in [9.17, 15) is 19.8 Å². The molecule has 3 N–H and O–H groups in total. The van der Waals surface area contributed by atoms with Gasteiger partial charge in [0.1, 0.15) is 0 Å². The van der Waals surface area contributed by atoms with E-state index in [-0.39, 0.29) is 18.5 Å². The molecule has 0 heterocycles. The van der Waals surface area contributed by atoms with Crippen LogP contribution in [0.25, 0.3) is 0 Å². The summed E-state index contributed by atoms with van der Waals surface area (Å²) in [7, 11) is 0. The number of allylic oxidation sites excluding steroid dienone is 3. The van der Waals surface area contributed by atoms with Crippen molar-refractivity contribution in [3.8, 4) is 0 Å². The lowest BCUT2D eigenvalue weighted by Gasteiger charge is -2.20. The molecular formula is C66H127NO5. The fourth-order valence-corrected chi connectivity index (χ4v) is 10.2. The molecule has 0 saturated carbocycles. The van der Waals surface area contributed by atoms with Crippen LogP contribution in [-0.4, -0.2) is 47.4 Å². The van der Waals surface area contributed by atoms with Crippen LogP contribution in [0.1, 0.15) is 361 Å². The minimum atomic E-state index is -0.848. The van der Waals surface area contributed by atoms with Crippen LogP contribution in [0.5, 0.6) is 0 Å². The highest BCUT2D eigenvalue weighted by Gasteiger charge is 2.18. The summed E-state index contributed by atoms with van der Waals surface area (Å²) in [6.07, 6.45) is 76.5. The molecule has 0 spiro atoms. The van der Waals surface area contributed by atoms with Gasteiger partial charge in [-0.2, -0.15) is 0 Å². The number of aliphatic hydroxyl groups excluding tert-OH is 2. The number of hydrogen-bond donors (Lipinski definition) is 3. The van der Waals surface area contributed by atoms with E-state index >= 15 is 0 Å². The summed E-state index contributed by atoms with van der Waals surface area (Å²) in [4.78, 5) is 24.6. The number of ether oxygens (including phenoxy) is 1. The first kappa shape index (κ1) is 70.3. The molecule has 0 aromatic carbocycles. The average Bonchev–Trinajstić information content (AvgIpc) is 3.38. The molecular weight excluding hydrogens is 887 g/mol. The second kappa shape index (κ2) is 61.9. The molecule has 6 heteroatoms. The first-order chi connectivity index (χ1) is 35.5. The Kier molecular flexibility index (Phi) is 60.5. The van der Waals surface area contributed by atoms with Gasteiger partial charge in [0.25, 0.3) is 0 Å². The van der Waals surface area contributed by atoms with Gasteiger partial charge in [0.05, 0.1) is 25.4 Å². The van der Waals surface area contributed by atoms with Gasteiger partial charge in [-0.15, -0.1) is 0 Å². The van der Waals surface area contributed by atoms with Gasteiger partial charge in [-0.05, 0) is 57.8 Å². The molecule has 426 valence electrons. The predicted molar refractivity (Wildman–Crippen MR) is 315 cm³/mol. The van der Waals surface area contributed by atoms with Gasteiger partial charge in [-0.3, -0.25) is 9.59 Å². The van der Waals surface area contributed by atoms with Gasteiger partial charge in [0, 0.05) is 12.8 Å². The molecule has 0 aromatic rings. The van der Waals surface area contributed by atoms with Gasteiger partial charge >= 0.3 is 5.97 Å². The first-order valence-corrected chi connectivity index (χ1v) is 32.6. The zero-order valence-electron chi connectivity index (χ0n) is 48.7. The minimum absolute atomic E-state index is 0.00432. The van der Waals surface area contributed by atoms with E-state index in [1.165, 1.54) is 289 Å². The summed E-state index contributed by atoms with van der Waals surface area (Å²) in [5, 5.41) is 23.2. The second-order valence-electron chi connectivity index (χ2n) is 22.5. The maximum atomic E-state index is 12.5. The Morgan fingerprint density at radius 1 is 0.375 bits per heavy atom. The molecule has 0 aliphatic rings. The van der Waals surface area contributed by atoms with Crippen molar-refractivity contribution < 1.29 is 24.5 Å². The quantitative estimate of drug-likeness (QED) is 0.0320. The van der Waals surface area contributed by atoms with Crippen molar-refractivity contribution in [1.29, 1.82) is 0 Å². The molecule has 0 aliphatic carbocycles. The van der Waals surface area contributed by atoms with E-state index in [0.717, 1.165) is 44.9 Å². The van der Waals surface area contributed by atoms with Crippen LogP contribution in [-0.2, 0) is 14.3 Å². The van der Waals surface area contributed by atoms with Crippen LogP contribution in [0, 0.1) is 0 Å². The van der Waals surface area contributed by atoms with Crippen molar-refractivity contribution in [3.63, 3.8) is 0 Å². The summed E-state index contributed by atoms with van der Waals surface area (Å²) >= 11 is 0. The summed E-state index contributed by atoms with van der Waals surface area (Å²) in [6, 6.07) is -0.632. The van der Waals surface area contributed by atoms with Crippen LogP contribution < -0.4 is 5.32 Å². The number of aliphatic hydroxyl groups is 2. The van der Waals surface area contributed by atoms with Crippen molar-refractivity contribution in [1.82, 2.24) is 5.32 Å². The SMILES string of the molecule is CCCCCCCCC/C=C\CCCCCCCCCC(=O)OCCCCCCCCCCCCCCCCCCCCC(=O)NC(CO)C(O)/C=C/CCCCCCCCCCCCCCCCCCC. The zero-order valence-corrected chi connectivity index (χ0v) is 48.7. The van der Waals surface area contributed by atoms with E-state index in [0.29, 0.717) is 19.4 Å². The van der Waals surface area contributed by atoms with Crippen molar-refractivity contribution in [2.24, 2.45) is 0 Å². The van der Waals surface area contributed by atoms with Gasteiger partial charge in [0.2, 0.25) is 5.91 Å². The molecule has 2 atom stereocenters. The predicted octanol–water partition coefficient (Wildman–Crippen LogP) is 20.6. The topological polar surface area (TPSA) is 95.9 Å². The Bertz CT molecular complexity index is 1120. The molecule has 0 aromatic heterocycles. The summed E-state index contributed by atoms with van der Waals surface area (Å²) in [5.41, 5.74) is 0. The maximum Gasteiger partial charge on any atom is 0.305 e. The smallest absolute Gasteiger partial charge is 0.305 e. The van der Waals surface area contributed by atoms with Gasteiger partial charge in [-0.1, -0.05) is 314 Å². The Hall–Kier alpha value is -1.66. The number of carbonyl (C=O) groups is 2. The van der Waals surface area contributed by atoms with E-state index < -0.39 is 12.1 Å². The zero-order chi connectivity index (χ0) is 52.2. The lowest BCUT2D eigenvalue weighted by molar-refractivity contribution is -0.143. The van der Waals surface area contributed by atoms with Crippen LogP contribution in [0.15, 0.2) is 24.3 Å². The molecule has 1 amide bonds. The number of unbranched alkanes of at least 4 members (excludes halogenated alkanes) is 48. The molecule has 0 saturated heterocycles. The molecule has 0 radical (unpaired) electrons. The summed E-state index contributed by atoms with van der Waals surface area (Å²) < 4.78 is 5.50. The third-order valence-corrected chi connectivity index (χ3v) is 15.2. The fourth-order valence-electron chi connectivity index (χ4n) is 10.2. The van der Waals surface area contributed by atoms with E-state index in [4.69, 9.17) is 4.74 Å². The first-order valence-electron chi connectivity index (χ1n) is 32.6. The average molecular weight is 1010 g/mol. The monoisotopic (exact) mass is 1010 g/mol. The third kappa shape index (κ3) is 57.6. The molecule has 0 aliphatic heterocycles. The van der Waals surface area contributed by atoms with Crippen molar-refractivity contribution in [2.75, 3.05) is 13.2 Å². The van der Waals surface area contributed by atoms with E-state index in [1.54, 1.807) is 6.08 Å². The number of rotatable bonds is 61. The number of amides is 1. The van der Waals surface area contributed by atoms with Crippen LogP contribution in [0.4, 0.5) is 0 Å². The Labute approximate surface area is 450 Å². The molecule has 72 heavy (non-hydrogen) atoms. The van der Waals surface area contributed by atoms with Gasteiger partial charge in [0.15, 0.2) is 0 Å². The van der Waals surface area contributed by atoms with Crippen molar-refractivity contribution in [2.45, 2.75) is 373 Å². The number of esters is 1. The maximum absolute atomic E-state index is 12.5. The standard InChI is InChI=1S/C66H127NO5/c1-3-5-7-9-11-13-15-17-19-21-23-26-30-34-38-42-46-50-54-58-64(69)63(62-68)67-65(70)59-55-51-47-43-39-35-31-27-24-25-29-33-37-41-45-49-53-57-61-72-66(71)60-56-52-48-44-40-36-32-28-22-20-18-16-14-12-10-8-6-4-2/h20,22,54,58,63-64,68-69H,3-19,21,23-53,55-57,59-62H2,1-2H3,(H,67,70)/b22-20-,58-54+. The number of carbonyl (C=O) groups excluding carboxylic acids is 2. The highest BCUT2D eigenvalue weighted by molar-refractivity contribution is 5.76. The molecule has 2 unspecified atom stereocenters. The molecule has 0 bridgehead atoms. The van der Waals surface area contributed by atoms with Crippen molar-refractivity contribution >= 4 is 11.9 Å². The van der Waals surface area contributed by atoms with Crippen LogP contribution in [0.3, 0.4) is 0 Å². The minimum Gasteiger partial charge on any atom is -0.466 e. The molecule has 0 fully saturated rings. The van der Waals surface area contributed by atoms with Crippen molar-refractivity contribution in [3.05, 3.63) is 24.3 Å². The Morgan fingerprint density at radius 3 is 0.986 bits per heavy atom. The highest BCUT2D eigenvalue weighted by atomic mass is 16.5. The number of hydrogen-bond acceptors (Lipinski definition) is 5. The fraction of sp³-hybridized carbons (Fsp3) is 0.909. The lowest BCUT2D eigenvalue weighted by Crippen LogP contribution is -2.45. The second-order valence-corrected chi connectivity index (χ2v) is 22.5. The third-order valence-electron chi connectivity index (χ3n) is 15.2. The van der Waals surface area contributed by atoms with Crippen LogP contribution >= 0.6 is 0 Å². The van der Waals surface area contributed by atoms with Gasteiger partial charge in [-0.25, -0.2) is 0 Å².